The van der Waals surface area contributed by atoms with E-state index in [0.29, 0.717) is 11.1 Å². The lowest BCUT2D eigenvalue weighted by Gasteiger charge is -2.39. The Morgan fingerprint density at radius 1 is 1.21 bits per heavy atom. The maximum Gasteiger partial charge on any atom is 0.272 e. The minimum Gasteiger partial charge on any atom is -0.337 e. The maximum atomic E-state index is 12.3. The van der Waals surface area contributed by atoms with Gasteiger partial charge in [0, 0.05) is 25.8 Å². The highest BCUT2D eigenvalue weighted by Gasteiger charge is 2.40. The van der Waals surface area contributed by atoms with Gasteiger partial charge in [-0.05, 0) is 50.4 Å². The maximum absolute atomic E-state index is 12.3. The van der Waals surface area contributed by atoms with Gasteiger partial charge in [-0.2, -0.15) is 0 Å². The number of hydrogen-bond acceptors (Lipinski definition) is 3. The van der Waals surface area contributed by atoms with E-state index in [-0.39, 0.29) is 5.91 Å². The van der Waals surface area contributed by atoms with Crippen LogP contribution in [0.3, 0.4) is 0 Å². The molecule has 2 aliphatic heterocycles. The number of aromatic nitrogens is 1. The molecule has 2 fully saturated rings. The fourth-order valence-electron chi connectivity index (χ4n) is 3.40. The molecule has 0 bridgehead atoms. The van der Waals surface area contributed by atoms with Gasteiger partial charge in [-0.25, -0.2) is 0 Å². The fraction of sp³-hybridized carbons (Fsp3) is 0.600. The number of nitrogens with zero attached hydrogens (tertiary/aromatic N) is 3. The van der Waals surface area contributed by atoms with Gasteiger partial charge in [-0.1, -0.05) is 6.07 Å². The Kier molecular flexibility index (Phi) is 3.27. The molecule has 4 heteroatoms. The van der Waals surface area contributed by atoms with E-state index in [1.54, 1.807) is 12.3 Å². The highest BCUT2D eigenvalue weighted by molar-refractivity contribution is 5.92. The second-order valence-electron chi connectivity index (χ2n) is 5.99. The lowest BCUT2D eigenvalue weighted by molar-refractivity contribution is 0.0588. The van der Waals surface area contributed by atoms with Crippen molar-refractivity contribution >= 4 is 5.91 Å². The molecular weight excluding hydrogens is 238 g/mol. The SMILES string of the molecule is CN1CCC2(CCN(C(=O)c3ccccn3)CC2)C1. The van der Waals surface area contributed by atoms with Crippen molar-refractivity contribution in [1.82, 2.24) is 14.8 Å². The van der Waals surface area contributed by atoms with Gasteiger partial charge >= 0.3 is 0 Å². The number of pyridine rings is 1. The predicted octanol–water partition coefficient (Wildman–Crippen LogP) is 1.64. The molecule has 0 radical (unpaired) electrons. The number of rotatable bonds is 1. The third kappa shape index (κ3) is 2.50. The number of carbonyl (C=O) groups excluding carboxylic acids is 1. The number of hydrogen-bond donors (Lipinski definition) is 0. The van der Waals surface area contributed by atoms with Gasteiger partial charge in [-0.3, -0.25) is 9.78 Å². The molecule has 1 aromatic heterocycles. The van der Waals surface area contributed by atoms with E-state index < -0.39 is 0 Å². The third-order valence-electron chi connectivity index (χ3n) is 4.62. The highest BCUT2D eigenvalue weighted by Crippen LogP contribution is 2.39. The molecule has 0 N–H and O–H groups in total. The molecule has 0 saturated carbocycles. The predicted molar refractivity (Wildman–Crippen MR) is 73.9 cm³/mol. The first-order valence-corrected chi connectivity index (χ1v) is 7.07. The summed E-state index contributed by atoms with van der Waals surface area (Å²) in [5.74, 6) is 0.0850. The molecule has 3 rings (SSSR count). The number of likely N-dealkylation sites (tertiary alicyclic amines) is 2. The number of amides is 1. The molecule has 2 aliphatic rings. The minimum atomic E-state index is 0.0850. The largest absolute Gasteiger partial charge is 0.337 e. The highest BCUT2D eigenvalue weighted by atomic mass is 16.2. The van der Waals surface area contributed by atoms with E-state index in [0.717, 1.165) is 25.9 Å². The first kappa shape index (κ1) is 12.6. The van der Waals surface area contributed by atoms with Crippen molar-refractivity contribution in [2.75, 3.05) is 33.2 Å². The zero-order valence-corrected chi connectivity index (χ0v) is 11.5. The van der Waals surface area contributed by atoms with Crippen LogP contribution in [0.5, 0.6) is 0 Å². The van der Waals surface area contributed by atoms with E-state index in [2.05, 4.69) is 16.9 Å². The van der Waals surface area contributed by atoms with Gasteiger partial charge in [0.15, 0.2) is 0 Å². The van der Waals surface area contributed by atoms with Crippen LogP contribution in [-0.2, 0) is 0 Å². The van der Waals surface area contributed by atoms with E-state index >= 15 is 0 Å². The number of carbonyl (C=O) groups is 1. The van der Waals surface area contributed by atoms with Gasteiger partial charge in [0.05, 0.1) is 0 Å². The normalized spacial score (nSPS) is 22.9. The average Bonchev–Trinajstić information content (AvgIpc) is 2.81. The molecule has 3 heterocycles. The van der Waals surface area contributed by atoms with Gasteiger partial charge < -0.3 is 9.80 Å². The molecule has 0 unspecified atom stereocenters. The van der Waals surface area contributed by atoms with Crippen LogP contribution in [-0.4, -0.2) is 53.9 Å². The summed E-state index contributed by atoms with van der Waals surface area (Å²) in [6.45, 7) is 4.15. The van der Waals surface area contributed by atoms with Crippen LogP contribution in [0.4, 0.5) is 0 Å². The first-order valence-electron chi connectivity index (χ1n) is 7.07. The summed E-state index contributed by atoms with van der Waals surface area (Å²) in [7, 11) is 2.19. The summed E-state index contributed by atoms with van der Waals surface area (Å²) in [5.41, 5.74) is 1.04. The second-order valence-corrected chi connectivity index (χ2v) is 5.99. The van der Waals surface area contributed by atoms with E-state index in [9.17, 15) is 4.79 Å². The Balaban J connectivity index is 1.63. The summed E-state index contributed by atoms with van der Waals surface area (Å²) in [6.07, 6.45) is 5.24. The van der Waals surface area contributed by atoms with Crippen LogP contribution in [0.2, 0.25) is 0 Å². The van der Waals surface area contributed by atoms with E-state index in [4.69, 9.17) is 0 Å². The Hall–Kier alpha value is -1.42. The summed E-state index contributed by atoms with van der Waals surface area (Å²) < 4.78 is 0. The molecule has 0 atom stereocenters. The van der Waals surface area contributed by atoms with Crippen LogP contribution >= 0.6 is 0 Å². The van der Waals surface area contributed by atoms with Crippen molar-refractivity contribution in [3.05, 3.63) is 30.1 Å². The zero-order chi connectivity index (χ0) is 13.3. The van der Waals surface area contributed by atoms with Crippen LogP contribution in [0, 0.1) is 5.41 Å². The van der Waals surface area contributed by atoms with Crippen LogP contribution in [0.25, 0.3) is 0 Å². The molecule has 2 saturated heterocycles. The first-order chi connectivity index (χ1) is 9.19. The van der Waals surface area contributed by atoms with Crippen molar-refractivity contribution in [2.45, 2.75) is 19.3 Å². The molecular formula is C15H21N3O. The Morgan fingerprint density at radius 2 is 1.95 bits per heavy atom. The summed E-state index contributed by atoms with van der Waals surface area (Å²) in [4.78, 5) is 20.9. The smallest absolute Gasteiger partial charge is 0.272 e. The molecule has 1 amide bonds. The van der Waals surface area contributed by atoms with Crippen LogP contribution in [0.1, 0.15) is 29.8 Å². The molecule has 0 aliphatic carbocycles. The fourth-order valence-corrected chi connectivity index (χ4v) is 3.40. The van der Waals surface area contributed by atoms with Crippen molar-refractivity contribution < 1.29 is 4.79 Å². The summed E-state index contributed by atoms with van der Waals surface area (Å²) in [5, 5.41) is 0. The monoisotopic (exact) mass is 259 g/mol. The van der Waals surface area contributed by atoms with Crippen LogP contribution < -0.4 is 0 Å². The van der Waals surface area contributed by atoms with Crippen molar-refractivity contribution in [2.24, 2.45) is 5.41 Å². The molecule has 1 aromatic rings. The molecule has 1 spiro atoms. The number of piperidine rings is 1. The standard InChI is InChI=1S/C15H21N3O/c1-17-9-5-15(12-17)6-10-18(11-7-15)14(19)13-4-2-3-8-16-13/h2-4,8H,5-7,9-12H2,1H3. The molecule has 19 heavy (non-hydrogen) atoms. The molecule has 0 aromatic carbocycles. The van der Waals surface area contributed by atoms with E-state index in [1.807, 2.05) is 17.0 Å². The van der Waals surface area contributed by atoms with Gasteiger partial charge in [0.2, 0.25) is 0 Å². The van der Waals surface area contributed by atoms with E-state index in [1.165, 1.54) is 19.5 Å². The third-order valence-corrected chi connectivity index (χ3v) is 4.62. The minimum absolute atomic E-state index is 0.0850. The van der Waals surface area contributed by atoms with Gasteiger partial charge in [0.25, 0.3) is 5.91 Å². The molecule has 4 nitrogen and oxygen atoms in total. The summed E-state index contributed by atoms with van der Waals surface area (Å²) in [6, 6.07) is 5.52. The van der Waals surface area contributed by atoms with Crippen LogP contribution in [0.15, 0.2) is 24.4 Å². The van der Waals surface area contributed by atoms with Gasteiger partial charge in [-0.15, -0.1) is 0 Å². The Morgan fingerprint density at radius 3 is 2.53 bits per heavy atom. The van der Waals surface area contributed by atoms with Crippen molar-refractivity contribution in [3.8, 4) is 0 Å². The quantitative estimate of drug-likeness (QED) is 0.769. The van der Waals surface area contributed by atoms with Gasteiger partial charge in [0.1, 0.15) is 5.69 Å². The van der Waals surface area contributed by atoms with Crippen molar-refractivity contribution in [3.63, 3.8) is 0 Å². The zero-order valence-electron chi connectivity index (χ0n) is 11.5. The topological polar surface area (TPSA) is 36.4 Å². The second kappa shape index (κ2) is 4.93. The Bertz CT molecular complexity index is 452. The lowest BCUT2D eigenvalue weighted by Crippen LogP contribution is -2.44. The average molecular weight is 259 g/mol. The lowest BCUT2D eigenvalue weighted by atomic mass is 9.78. The summed E-state index contributed by atoms with van der Waals surface area (Å²) >= 11 is 0. The Labute approximate surface area is 114 Å². The van der Waals surface area contributed by atoms with Crippen molar-refractivity contribution in [1.29, 1.82) is 0 Å². The molecule has 102 valence electrons.